The molecule has 1 nitrogen and oxygen atoms in total. The molecule has 0 amide bonds. The van der Waals surface area contributed by atoms with E-state index in [2.05, 4.69) is 22.6 Å². The lowest BCUT2D eigenvalue weighted by Gasteiger charge is -1.99. The highest BCUT2D eigenvalue weighted by Crippen LogP contribution is 2.11. The fourth-order valence-electron chi connectivity index (χ4n) is 0.594. The van der Waals surface area contributed by atoms with Gasteiger partial charge >= 0.3 is 0 Å². The Morgan fingerprint density at radius 3 is 2.40 bits per heavy atom. The second-order valence-electron chi connectivity index (χ2n) is 1.71. The smallest absolute Gasteiger partial charge is 0.139 e. The quantitative estimate of drug-likeness (QED) is 0.580. The molecule has 10 heavy (non-hydrogen) atoms. The van der Waals surface area contributed by atoms with Gasteiger partial charge in [0.25, 0.3) is 0 Å². The van der Waals surface area contributed by atoms with Crippen LogP contribution < -0.4 is 4.74 Å². The van der Waals surface area contributed by atoms with Gasteiger partial charge in [0, 0.05) is 0 Å². The highest BCUT2D eigenvalue weighted by molar-refractivity contribution is 14.1. The molecule has 0 unspecified atom stereocenters. The van der Waals surface area contributed by atoms with Crippen LogP contribution in [0.3, 0.4) is 0 Å². The van der Waals surface area contributed by atoms with E-state index in [0.717, 1.165) is 0 Å². The van der Waals surface area contributed by atoms with Gasteiger partial charge in [-0.25, -0.2) is 4.39 Å². The zero-order chi connectivity index (χ0) is 7.40. The number of rotatable bonds is 2. The molecule has 0 N–H and O–H groups in total. The van der Waals surface area contributed by atoms with Crippen molar-refractivity contribution >= 4 is 22.6 Å². The summed E-state index contributed by atoms with van der Waals surface area (Å²) in [7, 11) is 0. The first-order valence-corrected chi connectivity index (χ1v) is 4.30. The van der Waals surface area contributed by atoms with Gasteiger partial charge < -0.3 is 4.74 Å². The SMILES string of the molecule is Fc1ccc(OCI)cc1. The van der Waals surface area contributed by atoms with E-state index in [4.69, 9.17) is 4.74 Å². The lowest BCUT2D eigenvalue weighted by atomic mass is 10.3. The van der Waals surface area contributed by atoms with Crippen molar-refractivity contribution < 1.29 is 9.13 Å². The first-order valence-electron chi connectivity index (χ1n) is 2.77. The molecule has 0 aliphatic rings. The van der Waals surface area contributed by atoms with Crippen molar-refractivity contribution in [2.45, 2.75) is 0 Å². The summed E-state index contributed by atoms with van der Waals surface area (Å²) in [5.41, 5.74) is 0. The molecular weight excluding hydrogens is 246 g/mol. The first-order chi connectivity index (χ1) is 4.83. The summed E-state index contributed by atoms with van der Waals surface area (Å²) in [6.45, 7) is 0. The highest BCUT2D eigenvalue weighted by Gasteiger charge is 1.90. The summed E-state index contributed by atoms with van der Waals surface area (Å²) >= 11 is 2.08. The van der Waals surface area contributed by atoms with Gasteiger partial charge in [-0.2, -0.15) is 0 Å². The van der Waals surface area contributed by atoms with Crippen molar-refractivity contribution in [3.63, 3.8) is 0 Å². The highest BCUT2D eigenvalue weighted by atomic mass is 127. The molecule has 1 aromatic carbocycles. The maximum atomic E-state index is 12.3. The Morgan fingerprint density at radius 1 is 1.30 bits per heavy atom. The third-order valence-electron chi connectivity index (χ3n) is 1.03. The standard InChI is InChI=1S/C7H6FIO/c8-6-1-3-7(4-2-6)10-5-9/h1-4H,5H2. The van der Waals surface area contributed by atoms with Crippen molar-refractivity contribution in [1.82, 2.24) is 0 Å². The summed E-state index contributed by atoms with van der Waals surface area (Å²) in [5.74, 6) is 0.469. The predicted molar refractivity (Wildman–Crippen MR) is 45.9 cm³/mol. The van der Waals surface area contributed by atoms with Gasteiger partial charge in [0.2, 0.25) is 0 Å². The summed E-state index contributed by atoms with van der Waals surface area (Å²) in [4.78, 5) is 0. The number of benzene rings is 1. The third-order valence-corrected chi connectivity index (χ3v) is 1.35. The Bertz CT molecular complexity index is 197. The summed E-state index contributed by atoms with van der Waals surface area (Å²) in [5, 5.41) is 0. The molecule has 0 bridgehead atoms. The van der Waals surface area contributed by atoms with Gasteiger partial charge in [-0.1, -0.05) is 0 Å². The molecule has 1 aromatic rings. The van der Waals surface area contributed by atoms with Crippen molar-refractivity contribution in [3.8, 4) is 5.75 Å². The maximum absolute atomic E-state index is 12.3. The summed E-state index contributed by atoms with van der Waals surface area (Å²) in [6, 6.07) is 5.96. The lowest BCUT2D eigenvalue weighted by molar-refractivity contribution is 0.403. The van der Waals surface area contributed by atoms with E-state index in [1.807, 2.05) is 0 Å². The molecule has 0 saturated carbocycles. The van der Waals surface area contributed by atoms with Crippen LogP contribution >= 0.6 is 22.6 Å². The normalized spacial score (nSPS) is 9.40. The molecule has 54 valence electrons. The number of ether oxygens (including phenoxy) is 1. The minimum Gasteiger partial charge on any atom is -0.483 e. The second kappa shape index (κ2) is 3.75. The molecule has 3 heteroatoms. The fourth-order valence-corrected chi connectivity index (χ4v) is 0.953. The molecule has 0 aliphatic carbocycles. The van der Waals surface area contributed by atoms with Crippen LogP contribution in [-0.4, -0.2) is 4.61 Å². The molecule has 1 rings (SSSR count). The van der Waals surface area contributed by atoms with Crippen molar-refractivity contribution in [3.05, 3.63) is 30.1 Å². The van der Waals surface area contributed by atoms with Gasteiger partial charge in [-0.05, 0) is 46.9 Å². The third kappa shape index (κ3) is 2.13. The monoisotopic (exact) mass is 252 g/mol. The largest absolute Gasteiger partial charge is 0.483 e. The van der Waals surface area contributed by atoms with E-state index in [1.54, 1.807) is 12.1 Å². The predicted octanol–water partition coefficient (Wildman–Crippen LogP) is 2.60. The Morgan fingerprint density at radius 2 is 1.90 bits per heavy atom. The second-order valence-corrected chi connectivity index (χ2v) is 2.33. The minimum atomic E-state index is -0.235. The summed E-state index contributed by atoms with van der Waals surface area (Å²) < 4.78 is 17.9. The van der Waals surface area contributed by atoms with Crippen LogP contribution in [0.2, 0.25) is 0 Å². The van der Waals surface area contributed by atoms with Gasteiger partial charge in [-0.3, -0.25) is 0 Å². The van der Waals surface area contributed by atoms with Crippen LogP contribution in [0.5, 0.6) is 5.75 Å². The Balaban J connectivity index is 2.69. The van der Waals surface area contributed by atoms with E-state index in [1.165, 1.54) is 12.1 Å². The molecule has 0 saturated heterocycles. The van der Waals surface area contributed by atoms with Crippen LogP contribution in [0.1, 0.15) is 0 Å². The molecule has 0 heterocycles. The van der Waals surface area contributed by atoms with Crippen LogP contribution in [-0.2, 0) is 0 Å². The Hall–Kier alpha value is -0.320. The van der Waals surface area contributed by atoms with Crippen LogP contribution in [0.4, 0.5) is 4.39 Å². The zero-order valence-corrected chi connectivity index (χ0v) is 7.34. The molecule has 0 fully saturated rings. The van der Waals surface area contributed by atoms with E-state index in [-0.39, 0.29) is 5.82 Å². The van der Waals surface area contributed by atoms with E-state index in [0.29, 0.717) is 10.4 Å². The molecule has 0 spiro atoms. The van der Waals surface area contributed by atoms with Crippen LogP contribution in [0.15, 0.2) is 24.3 Å². The van der Waals surface area contributed by atoms with Gasteiger partial charge in [0.15, 0.2) is 0 Å². The number of alkyl halides is 1. The van der Waals surface area contributed by atoms with Crippen LogP contribution in [0, 0.1) is 5.82 Å². The summed E-state index contributed by atoms with van der Waals surface area (Å²) in [6.07, 6.45) is 0. The topological polar surface area (TPSA) is 9.23 Å². The van der Waals surface area contributed by atoms with Gasteiger partial charge in [0.05, 0.1) is 0 Å². The average molecular weight is 252 g/mol. The molecule has 0 aliphatic heterocycles. The lowest BCUT2D eigenvalue weighted by Crippen LogP contribution is -1.87. The Kier molecular flexibility index (Phi) is 2.92. The van der Waals surface area contributed by atoms with E-state index in [9.17, 15) is 4.39 Å². The van der Waals surface area contributed by atoms with Crippen LogP contribution in [0.25, 0.3) is 0 Å². The van der Waals surface area contributed by atoms with Crippen molar-refractivity contribution in [1.29, 1.82) is 0 Å². The minimum absolute atomic E-state index is 0.235. The first kappa shape index (κ1) is 7.78. The molecule has 0 atom stereocenters. The maximum Gasteiger partial charge on any atom is 0.139 e. The number of hydrogen-bond donors (Lipinski definition) is 0. The average Bonchev–Trinajstić information content (AvgIpc) is 1.95. The molecule has 0 radical (unpaired) electrons. The van der Waals surface area contributed by atoms with Gasteiger partial charge in [0.1, 0.15) is 16.2 Å². The van der Waals surface area contributed by atoms with Gasteiger partial charge in [-0.15, -0.1) is 0 Å². The molecule has 0 aromatic heterocycles. The number of hydrogen-bond acceptors (Lipinski definition) is 1. The zero-order valence-electron chi connectivity index (χ0n) is 5.18. The Labute approximate surface area is 72.3 Å². The molecular formula is C7H6FIO. The number of halogens is 2. The van der Waals surface area contributed by atoms with E-state index < -0.39 is 0 Å². The van der Waals surface area contributed by atoms with Crippen molar-refractivity contribution in [2.75, 3.05) is 4.61 Å². The fraction of sp³-hybridized carbons (Fsp3) is 0.143. The van der Waals surface area contributed by atoms with E-state index >= 15 is 0 Å². The van der Waals surface area contributed by atoms with Crippen molar-refractivity contribution in [2.24, 2.45) is 0 Å².